The molecular formula is C30H37N5O6. The number of H-pyrrole nitrogens is 1. The summed E-state index contributed by atoms with van der Waals surface area (Å²) in [6.45, 7) is 4.34. The van der Waals surface area contributed by atoms with Crippen molar-refractivity contribution < 1.29 is 29.4 Å². The number of nitrogens with one attached hydrogen (secondary N) is 5. The fourth-order valence-electron chi connectivity index (χ4n) is 5.03. The highest BCUT2D eigenvalue weighted by atomic mass is 16.4. The minimum absolute atomic E-state index is 0.0197. The van der Waals surface area contributed by atoms with Crippen molar-refractivity contribution in [1.82, 2.24) is 26.3 Å². The molecule has 41 heavy (non-hydrogen) atoms. The third-order valence-electron chi connectivity index (χ3n) is 7.35. The van der Waals surface area contributed by atoms with Gasteiger partial charge in [-0.25, -0.2) is 4.79 Å². The molecule has 1 aromatic heterocycles. The first-order valence-electron chi connectivity index (χ1n) is 13.8. The van der Waals surface area contributed by atoms with Gasteiger partial charge in [-0.3, -0.25) is 14.4 Å². The maximum Gasteiger partial charge on any atom is 0.326 e. The second kappa shape index (κ2) is 13.3. The van der Waals surface area contributed by atoms with Crippen LogP contribution in [0.5, 0.6) is 5.75 Å². The van der Waals surface area contributed by atoms with Crippen molar-refractivity contribution in [3.05, 3.63) is 65.9 Å². The molecule has 0 spiro atoms. The number of hydrogen-bond donors (Lipinski definition) is 7. The number of aromatic hydroxyl groups is 1. The van der Waals surface area contributed by atoms with Crippen molar-refractivity contribution >= 4 is 34.6 Å². The lowest BCUT2D eigenvalue weighted by molar-refractivity contribution is -0.142. The van der Waals surface area contributed by atoms with Gasteiger partial charge < -0.3 is 36.5 Å². The van der Waals surface area contributed by atoms with Crippen LogP contribution in [0.1, 0.15) is 37.8 Å². The number of fused-ring (bicyclic) bond motifs is 1. The van der Waals surface area contributed by atoms with Gasteiger partial charge in [0, 0.05) is 29.9 Å². The second-order valence-electron chi connectivity index (χ2n) is 10.8. The molecule has 0 radical (unpaired) electrons. The number of carbonyl (C=O) groups excluding carboxylic acids is 3. The highest BCUT2D eigenvalue weighted by Crippen LogP contribution is 2.20. The van der Waals surface area contributed by atoms with E-state index in [1.165, 1.54) is 12.1 Å². The van der Waals surface area contributed by atoms with Gasteiger partial charge in [0.15, 0.2) is 0 Å². The number of aliphatic carboxylic acids is 1. The number of aromatic nitrogens is 1. The fraction of sp³-hybridized carbons (Fsp3) is 0.400. The summed E-state index contributed by atoms with van der Waals surface area (Å²) in [6.07, 6.45) is 3.39. The van der Waals surface area contributed by atoms with Gasteiger partial charge in [-0.1, -0.05) is 44.2 Å². The van der Waals surface area contributed by atoms with Crippen LogP contribution in [0.15, 0.2) is 54.7 Å². The number of aromatic amines is 1. The monoisotopic (exact) mass is 563 g/mol. The van der Waals surface area contributed by atoms with Gasteiger partial charge in [0.1, 0.15) is 23.9 Å². The summed E-state index contributed by atoms with van der Waals surface area (Å²) in [6, 6.07) is 9.93. The number of carboxylic acids is 1. The lowest BCUT2D eigenvalue weighted by atomic mass is 9.99. The Morgan fingerprint density at radius 2 is 1.63 bits per heavy atom. The third kappa shape index (κ3) is 7.63. The van der Waals surface area contributed by atoms with E-state index < -0.39 is 35.9 Å². The Morgan fingerprint density at radius 1 is 0.927 bits per heavy atom. The molecule has 4 rings (SSSR count). The zero-order chi connectivity index (χ0) is 29.5. The van der Waals surface area contributed by atoms with Gasteiger partial charge in [0.2, 0.25) is 17.7 Å². The Hall–Kier alpha value is -4.38. The van der Waals surface area contributed by atoms with Crippen molar-refractivity contribution in [2.45, 2.75) is 63.7 Å². The van der Waals surface area contributed by atoms with Crippen molar-refractivity contribution in [1.29, 1.82) is 0 Å². The van der Waals surface area contributed by atoms with Crippen molar-refractivity contribution in [2.24, 2.45) is 5.92 Å². The molecular weight excluding hydrogens is 526 g/mol. The number of benzene rings is 2. The Balaban J connectivity index is 1.55. The summed E-state index contributed by atoms with van der Waals surface area (Å²) in [7, 11) is 0. The van der Waals surface area contributed by atoms with Crippen LogP contribution in [0.3, 0.4) is 0 Å². The Kier molecular flexibility index (Phi) is 9.61. The molecule has 0 saturated carbocycles. The molecule has 218 valence electrons. The number of amides is 3. The molecule has 4 unspecified atom stereocenters. The van der Waals surface area contributed by atoms with Crippen molar-refractivity contribution in [3.63, 3.8) is 0 Å². The Morgan fingerprint density at radius 3 is 2.29 bits per heavy atom. The average molecular weight is 564 g/mol. The molecule has 11 heteroatoms. The van der Waals surface area contributed by atoms with Crippen molar-refractivity contribution in [2.75, 3.05) is 6.54 Å². The second-order valence-corrected chi connectivity index (χ2v) is 10.8. The number of carboxylic acid groups (broad SMARTS) is 1. The standard InChI is InChI=1S/C30H37N5O6/c1-17(2)26(35-27(37)23-8-5-13-31-23)29(39)33-24(15-19-16-32-22-7-4-3-6-21(19)22)28(38)34-25(30(40)41)14-18-9-11-20(36)12-10-18/h3-4,6-7,9-12,16-17,23-26,31-32,36H,5,8,13-15H2,1-2H3,(H,33,39)(H,34,38)(H,35,37)(H,40,41). The number of rotatable bonds is 12. The van der Waals surface area contributed by atoms with Gasteiger partial charge in [-0.05, 0) is 54.6 Å². The number of para-hydroxylation sites is 1. The Labute approximate surface area is 238 Å². The topological polar surface area (TPSA) is 173 Å². The maximum absolute atomic E-state index is 13.6. The number of phenolic OH excluding ortho intramolecular Hbond substituents is 1. The van der Waals surface area contributed by atoms with Gasteiger partial charge in [0.05, 0.1) is 6.04 Å². The van der Waals surface area contributed by atoms with E-state index in [0.29, 0.717) is 12.0 Å². The SMILES string of the molecule is CC(C)C(NC(=O)C1CCCN1)C(=O)NC(Cc1c[nH]c2ccccc12)C(=O)NC(Cc1ccc(O)cc1)C(=O)O. The van der Waals surface area contributed by atoms with Gasteiger partial charge in [-0.2, -0.15) is 0 Å². The quantitative estimate of drug-likeness (QED) is 0.175. The van der Waals surface area contributed by atoms with Crippen LogP contribution in [0.2, 0.25) is 0 Å². The first-order chi connectivity index (χ1) is 19.6. The summed E-state index contributed by atoms with van der Waals surface area (Å²) in [5, 5.41) is 31.6. The van der Waals surface area contributed by atoms with Gasteiger partial charge in [0.25, 0.3) is 0 Å². The summed E-state index contributed by atoms with van der Waals surface area (Å²) in [5.74, 6) is -2.92. The molecule has 2 heterocycles. The average Bonchev–Trinajstić information content (AvgIpc) is 3.62. The Bertz CT molecular complexity index is 1380. The predicted molar refractivity (Wildman–Crippen MR) is 153 cm³/mol. The lowest BCUT2D eigenvalue weighted by Crippen LogP contribution is -2.59. The molecule has 7 N–H and O–H groups in total. The first-order valence-corrected chi connectivity index (χ1v) is 13.8. The molecule has 2 aromatic carbocycles. The van der Waals surface area contributed by atoms with E-state index in [1.807, 2.05) is 24.3 Å². The summed E-state index contributed by atoms with van der Waals surface area (Å²) >= 11 is 0. The summed E-state index contributed by atoms with van der Waals surface area (Å²) in [5.41, 5.74) is 2.24. The normalized spacial score (nSPS) is 17.1. The molecule has 11 nitrogen and oxygen atoms in total. The van der Waals surface area contributed by atoms with E-state index in [2.05, 4.69) is 26.3 Å². The van der Waals surface area contributed by atoms with E-state index in [-0.39, 0.29) is 36.5 Å². The molecule has 1 fully saturated rings. The highest BCUT2D eigenvalue weighted by molar-refractivity contribution is 5.95. The summed E-state index contributed by atoms with van der Waals surface area (Å²) in [4.78, 5) is 55.1. The molecule has 4 atom stereocenters. The summed E-state index contributed by atoms with van der Waals surface area (Å²) < 4.78 is 0. The highest BCUT2D eigenvalue weighted by Gasteiger charge is 2.33. The lowest BCUT2D eigenvalue weighted by Gasteiger charge is -2.27. The molecule has 1 saturated heterocycles. The van der Waals surface area contributed by atoms with Gasteiger partial charge >= 0.3 is 5.97 Å². The van der Waals surface area contributed by atoms with Crippen LogP contribution in [-0.4, -0.2) is 69.6 Å². The fourth-order valence-corrected chi connectivity index (χ4v) is 5.03. The maximum atomic E-state index is 13.6. The smallest absolute Gasteiger partial charge is 0.326 e. The minimum atomic E-state index is -1.27. The van der Waals surface area contributed by atoms with Crippen LogP contribution >= 0.6 is 0 Å². The predicted octanol–water partition coefficient (Wildman–Crippen LogP) is 1.61. The third-order valence-corrected chi connectivity index (χ3v) is 7.35. The van der Waals surface area contributed by atoms with Crippen molar-refractivity contribution in [3.8, 4) is 5.75 Å². The molecule has 3 aromatic rings. The minimum Gasteiger partial charge on any atom is -0.508 e. The number of carbonyl (C=O) groups is 4. The molecule has 1 aliphatic heterocycles. The molecule has 0 bridgehead atoms. The van der Waals surface area contributed by atoms with Crippen LogP contribution in [0, 0.1) is 5.92 Å². The van der Waals surface area contributed by atoms with E-state index in [9.17, 15) is 29.4 Å². The largest absolute Gasteiger partial charge is 0.508 e. The zero-order valence-corrected chi connectivity index (χ0v) is 23.1. The van der Waals surface area contributed by atoms with Crippen LogP contribution in [0.4, 0.5) is 0 Å². The van der Waals surface area contributed by atoms with E-state index in [1.54, 1.807) is 32.2 Å². The van der Waals surface area contributed by atoms with Crippen LogP contribution < -0.4 is 21.3 Å². The van der Waals surface area contributed by atoms with E-state index in [4.69, 9.17) is 0 Å². The molecule has 0 aliphatic carbocycles. The van der Waals surface area contributed by atoms with E-state index in [0.717, 1.165) is 29.4 Å². The van der Waals surface area contributed by atoms with E-state index >= 15 is 0 Å². The first kappa shape index (κ1) is 29.6. The van der Waals surface area contributed by atoms with Crippen LogP contribution in [-0.2, 0) is 32.0 Å². The van der Waals surface area contributed by atoms with Gasteiger partial charge in [-0.15, -0.1) is 0 Å². The zero-order valence-electron chi connectivity index (χ0n) is 23.1. The number of phenols is 1. The number of hydrogen-bond acceptors (Lipinski definition) is 6. The van der Waals surface area contributed by atoms with Crippen LogP contribution in [0.25, 0.3) is 10.9 Å². The molecule has 3 amide bonds. The molecule has 1 aliphatic rings.